The van der Waals surface area contributed by atoms with Crippen molar-refractivity contribution in [3.05, 3.63) is 34.2 Å². The van der Waals surface area contributed by atoms with Crippen molar-refractivity contribution in [1.82, 2.24) is 10.3 Å². The molecule has 0 atom stereocenters. The van der Waals surface area contributed by atoms with Crippen molar-refractivity contribution < 1.29 is 4.79 Å². The molecule has 1 aromatic rings. The van der Waals surface area contributed by atoms with E-state index in [1.807, 2.05) is 27.7 Å². The number of rotatable bonds is 2. The molecule has 1 amide bonds. The van der Waals surface area contributed by atoms with Gasteiger partial charge in [0.2, 0.25) is 5.56 Å². The van der Waals surface area contributed by atoms with E-state index in [2.05, 4.69) is 10.3 Å². The SMILES string of the molecule is CC1(C)C(N)C(C)(C)C1NC(=O)c1cccc(=O)[nH]1. The van der Waals surface area contributed by atoms with Crippen molar-refractivity contribution in [3.8, 4) is 0 Å². The van der Waals surface area contributed by atoms with Crippen molar-refractivity contribution >= 4 is 5.91 Å². The number of aromatic amines is 1. The monoisotopic (exact) mass is 263 g/mol. The second kappa shape index (κ2) is 4.20. The van der Waals surface area contributed by atoms with Crippen LogP contribution in [0.25, 0.3) is 0 Å². The Labute approximate surface area is 112 Å². The van der Waals surface area contributed by atoms with Crippen molar-refractivity contribution in [3.63, 3.8) is 0 Å². The second-order valence-corrected chi connectivity index (χ2v) is 6.46. The lowest BCUT2D eigenvalue weighted by Crippen LogP contribution is -2.76. The minimum atomic E-state index is -0.281. The van der Waals surface area contributed by atoms with Crippen molar-refractivity contribution in [1.29, 1.82) is 0 Å². The summed E-state index contributed by atoms with van der Waals surface area (Å²) in [5, 5.41) is 2.98. The largest absolute Gasteiger partial charge is 0.347 e. The number of aromatic nitrogens is 1. The molecule has 1 aromatic heterocycles. The Morgan fingerprint density at radius 3 is 2.37 bits per heavy atom. The summed E-state index contributed by atoms with van der Waals surface area (Å²) in [7, 11) is 0. The number of hydrogen-bond donors (Lipinski definition) is 3. The van der Waals surface area contributed by atoms with Gasteiger partial charge in [0.05, 0.1) is 0 Å². The highest BCUT2D eigenvalue weighted by Gasteiger charge is 2.60. The summed E-state index contributed by atoms with van der Waals surface area (Å²) in [4.78, 5) is 25.9. The van der Waals surface area contributed by atoms with Crippen LogP contribution in [0.1, 0.15) is 38.2 Å². The number of nitrogens with two attached hydrogens (primary N) is 1. The van der Waals surface area contributed by atoms with Crippen LogP contribution in [0.4, 0.5) is 0 Å². The van der Waals surface area contributed by atoms with Crippen molar-refractivity contribution in [2.45, 2.75) is 39.8 Å². The minimum Gasteiger partial charge on any atom is -0.347 e. The zero-order valence-electron chi connectivity index (χ0n) is 11.8. The molecule has 1 aliphatic carbocycles. The second-order valence-electron chi connectivity index (χ2n) is 6.46. The average molecular weight is 263 g/mol. The molecule has 104 valence electrons. The van der Waals surface area contributed by atoms with Gasteiger partial charge in [0, 0.05) is 29.0 Å². The van der Waals surface area contributed by atoms with E-state index in [-0.39, 0.29) is 40.1 Å². The van der Waals surface area contributed by atoms with Gasteiger partial charge in [-0.1, -0.05) is 33.8 Å². The van der Waals surface area contributed by atoms with Crippen LogP contribution in [0.15, 0.2) is 23.0 Å². The van der Waals surface area contributed by atoms with Crippen LogP contribution in [0, 0.1) is 10.8 Å². The standard InChI is InChI=1S/C14H21N3O2/c1-13(2)11(15)14(3,4)12(13)17-10(19)8-6-5-7-9(18)16-8/h5-7,11-12H,15H2,1-4H3,(H,16,18)(H,17,19). The minimum absolute atomic E-state index is 0.0220. The first-order valence-corrected chi connectivity index (χ1v) is 6.43. The molecule has 0 aliphatic heterocycles. The van der Waals surface area contributed by atoms with E-state index in [1.54, 1.807) is 12.1 Å². The fourth-order valence-electron chi connectivity index (χ4n) is 3.34. The molecule has 1 fully saturated rings. The summed E-state index contributed by atoms with van der Waals surface area (Å²) < 4.78 is 0. The summed E-state index contributed by atoms with van der Waals surface area (Å²) in [5.74, 6) is -0.268. The van der Waals surface area contributed by atoms with E-state index >= 15 is 0 Å². The number of carbonyl (C=O) groups is 1. The molecule has 4 N–H and O–H groups in total. The van der Waals surface area contributed by atoms with E-state index in [4.69, 9.17) is 5.73 Å². The van der Waals surface area contributed by atoms with Gasteiger partial charge < -0.3 is 16.0 Å². The summed E-state index contributed by atoms with van der Waals surface area (Å²) in [5.41, 5.74) is 5.83. The Morgan fingerprint density at radius 2 is 1.84 bits per heavy atom. The third-order valence-corrected chi connectivity index (χ3v) is 4.38. The predicted octanol–water partition coefficient (Wildman–Crippen LogP) is 0.867. The maximum Gasteiger partial charge on any atom is 0.268 e. The highest BCUT2D eigenvalue weighted by molar-refractivity contribution is 5.92. The summed E-state index contributed by atoms with van der Waals surface area (Å²) >= 11 is 0. The Kier molecular flexibility index (Phi) is 3.05. The normalized spacial score (nSPS) is 27.4. The Hall–Kier alpha value is -1.62. The van der Waals surface area contributed by atoms with Gasteiger partial charge in [-0.2, -0.15) is 0 Å². The van der Waals surface area contributed by atoms with E-state index in [0.29, 0.717) is 0 Å². The third-order valence-electron chi connectivity index (χ3n) is 4.38. The number of hydrogen-bond acceptors (Lipinski definition) is 3. The first-order valence-electron chi connectivity index (χ1n) is 6.43. The van der Waals surface area contributed by atoms with E-state index < -0.39 is 0 Å². The van der Waals surface area contributed by atoms with Gasteiger partial charge in [0.25, 0.3) is 5.91 Å². The number of nitrogens with one attached hydrogen (secondary N) is 2. The summed E-state index contributed by atoms with van der Waals surface area (Å²) in [6.07, 6.45) is 0. The fourth-order valence-corrected chi connectivity index (χ4v) is 3.34. The molecule has 0 aromatic carbocycles. The lowest BCUT2D eigenvalue weighted by molar-refractivity contribution is -0.0664. The zero-order chi connectivity index (χ0) is 14.4. The molecule has 2 rings (SSSR count). The smallest absolute Gasteiger partial charge is 0.268 e. The topological polar surface area (TPSA) is 88.0 Å². The first kappa shape index (κ1) is 13.8. The van der Waals surface area contributed by atoms with Crippen LogP contribution in [-0.2, 0) is 0 Å². The molecule has 1 saturated carbocycles. The number of amides is 1. The molecule has 0 radical (unpaired) electrons. The summed E-state index contributed by atoms with van der Waals surface area (Å²) in [6.45, 7) is 8.17. The molecule has 1 aliphatic rings. The number of pyridine rings is 1. The Bertz CT molecular complexity index is 544. The molecule has 5 nitrogen and oxygen atoms in total. The molecule has 0 unspecified atom stereocenters. The third kappa shape index (κ3) is 2.08. The molecule has 1 heterocycles. The van der Waals surface area contributed by atoms with Crippen molar-refractivity contribution in [2.24, 2.45) is 16.6 Å². The number of H-pyrrole nitrogens is 1. The highest BCUT2D eigenvalue weighted by atomic mass is 16.2. The predicted molar refractivity (Wildman–Crippen MR) is 73.9 cm³/mol. The fraction of sp³-hybridized carbons (Fsp3) is 0.571. The maximum atomic E-state index is 12.2. The van der Waals surface area contributed by atoms with Gasteiger partial charge >= 0.3 is 0 Å². The highest BCUT2D eigenvalue weighted by Crippen LogP contribution is 2.52. The molecule has 0 bridgehead atoms. The van der Waals surface area contributed by atoms with Crippen molar-refractivity contribution in [2.75, 3.05) is 0 Å². The van der Waals surface area contributed by atoms with Gasteiger partial charge in [0.15, 0.2) is 0 Å². The summed E-state index contributed by atoms with van der Waals surface area (Å²) in [6, 6.07) is 4.54. The van der Waals surface area contributed by atoms with Gasteiger partial charge in [-0.25, -0.2) is 0 Å². The molecule has 5 heteroatoms. The number of carbonyl (C=O) groups excluding carboxylic acids is 1. The lowest BCUT2D eigenvalue weighted by atomic mass is 9.48. The van der Waals surface area contributed by atoms with Crippen LogP contribution < -0.4 is 16.6 Å². The zero-order valence-corrected chi connectivity index (χ0v) is 11.8. The first-order chi connectivity index (χ1) is 8.67. The van der Waals surface area contributed by atoms with E-state index in [9.17, 15) is 9.59 Å². The van der Waals surface area contributed by atoms with Gasteiger partial charge in [-0.05, 0) is 6.07 Å². The van der Waals surface area contributed by atoms with Crippen LogP contribution in [0.3, 0.4) is 0 Å². The van der Waals surface area contributed by atoms with Crippen LogP contribution >= 0.6 is 0 Å². The van der Waals surface area contributed by atoms with E-state index in [1.165, 1.54) is 6.07 Å². The molecule has 0 spiro atoms. The van der Waals surface area contributed by atoms with Crippen LogP contribution in [0.2, 0.25) is 0 Å². The molecular formula is C14H21N3O2. The van der Waals surface area contributed by atoms with Crippen LogP contribution in [-0.4, -0.2) is 23.0 Å². The lowest BCUT2D eigenvalue weighted by Gasteiger charge is -2.62. The Morgan fingerprint density at radius 1 is 1.26 bits per heavy atom. The van der Waals surface area contributed by atoms with Crippen LogP contribution in [0.5, 0.6) is 0 Å². The Balaban J connectivity index is 2.18. The van der Waals surface area contributed by atoms with Gasteiger partial charge in [-0.15, -0.1) is 0 Å². The molecular weight excluding hydrogens is 242 g/mol. The van der Waals surface area contributed by atoms with Gasteiger partial charge in [0.1, 0.15) is 5.69 Å². The van der Waals surface area contributed by atoms with Gasteiger partial charge in [-0.3, -0.25) is 9.59 Å². The molecule has 0 saturated heterocycles. The van der Waals surface area contributed by atoms with E-state index in [0.717, 1.165) is 0 Å². The quantitative estimate of drug-likeness (QED) is 0.739. The average Bonchev–Trinajstić information content (AvgIpc) is 2.34. The maximum absolute atomic E-state index is 12.2. The molecule has 19 heavy (non-hydrogen) atoms.